The van der Waals surface area contributed by atoms with Gasteiger partial charge in [-0.3, -0.25) is 0 Å². The average Bonchev–Trinajstić information content (AvgIpc) is 2.97. The molecular formula is C18H15F3N2O. The van der Waals surface area contributed by atoms with Gasteiger partial charge in [0, 0.05) is 18.5 Å². The topological polar surface area (TPSA) is 59.0 Å². The van der Waals surface area contributed by atoms with Gasteiger partial charge >= 0.3 is 6.18 Å². The van der Waals surface area contributed by atoms with Crippen molar-refractivity contribution in [1.29, 1.82) is 5.26 Å². The first-order valence-corrected chi connectivity index (χ1v) is 7.49. The fraction of sp³-hybridized carbons (Fsp3) is 0.278. The van der Waals surface area contributed by atoms with Crippen molar-refractivity contribution in [2.24, 2.45) is 5.73 Å². The summed E-state index contributed by atoms with van der Waals surface area (Å²) in [6.07, 6.45) is -4.10. The van der Waals surface area contributed by atoms with Crippen molar-refractivity contribution in [2.75, 3.05) is 6.54 Å². The zero-order valence-corrected chi connectivity index (χ0v) is 12.7. The van der Waals surface area contributed by atoms with Crippen molar-refractivity contribution in [2.45, 2.75) is 25.1 Å². The molecule has 0 radical (unpaired) electrons. The highest BCUT2D eigenvalue weighted by atomic mass is 19.4. The van der Waals surface area contributed by atoms with E-state index in [-0.39, 0.29) is 19.1 Å². The molecule has 1 unspecified atom stereocenters. The van der Waals surface area contributed by atoms with Crippen LogP contribution in [0, 0.1) is 11.3 Å². The molecule has 2 N–H and O–H groups in total. The summed E-state index contributed by atoms with van der Waals surface area (Å²) < 4.78 is 45.3. The summed E-state index contributed by atoms with van der Waals surface area (Å²) in [5.74, 6) is 0.464. The Hall–Kier alpha value is -2.52. The summed E-state index contributed by atoms with van der Waals surface area (Å²) in [6, 6.07) is 11.2. The predicted molar refractivity (Wildman–Crippen MR) is 83.4 cm³/mol. The molecule has 0 fully saturated rings. The lowest BCUT2D eigenvalue weighted by Gasteiger charge is -2.14. The van der Waals surface area contributed by atoms with Crippen LogP contribution in [0.15, 0.2) is 36.4 Å². The van der Waals surface area contributed by atoms with E-state index >= 15 is 0 Å². The number of halogens is 3. The van der Waals surface area contributed by atoms with E-state index in [9.17, 15) is 13.2 Å². The van der Waals surface area contributed by atoms with Gasteiger partial charge in [0.15, 0.2) is 0 Å². The number of alkyl halides is 3. The van der Waals surface area contributed by atoms with Crippen molar-refractivity contribution in [3.63, 3.8) is 0 Å². The Labute approximate surface area is 137 Å². The molecule has 1 aliphatic heterocycles. The number of rotatable bonds is 3. The lowest BCUT2D eigenvalue weighted by molar-refractivity contribution is -0.137. The van der Waals surface area contributed by atoms with Gasteiger partial charge in [-0.2, -0.15) is 18.4 Å². The predicted octanol–water partition coefficient (Wildman–Crippen LogP) is 3.70. The van der Waals surface area contributed by atoms with Crippen molar-refractivity contribution in [3.8, 4) is 22.9 Å². The van der Waals surface area contributed by atoms with Crippen LogP contribution in [0.25, 0.3) is 11.1 Å². The number of fused-ring (bicyclic) bond motifs is 1. The van der Waals surface area contributed by atoms with E-state index in [2.05, 4.69) is 0 Å². The monoisotopic (exact) mass is 332 g/mol. The van der Waals surface area contributed by atoms with Gasteiger partial charge in [-0.05, 0) is 28.8 Å². The van der Waals surface area contributed by atoms with Crippen LogP contribution in [0.1, 0.15) is 16.7 Å². The van der Waals surface area contributed by atoms with Crippen LogP contribution in [0.5, 0.6) is 5.75 Å². The van der Waals surface area contributed by atoms with Gasteiger partial charge in [-0.25, -0.2) is 0 Å². The van der Waals surface area contributed by atoms with Crippen LogP contribution in [-0.2, 0) is 19.0 Å². The molecule has 2 aromatic rings. The van der Waals surface area contributed by atoms with Crippen LogP contribution >= 0.6 is 0 Å². The van der Waals surface area contributed by atoms with Crippen molar-refractivity contribution < 1.29 is 17.9 Å². The first kappa shape index (κ1) is 16.3. The smallest absolute Gasteiger partial charge is 0.416 e. The Morgan fingerprint density at radius 1 is 1.21 bits per heavy atom. The molecule has 1 heterocycles. The Morgan fingerprint density at radius 3 is 2.50 bits per heavy atom. The third-order valence-electron chi connectivity index (χ3n) is 4.04. The fourth-order valence-corrected chi connectivity index (χ4v) is 2.84. The Balaban J connectivity index is 2.09. The molecule has 0 saturated heterocycles. The first-order chi connectivity index (χ1) is 11.4. The fourth-order valence-electron chi connectivity index (χ4n) is 2.84. The van der Waals surface area contributed by atoms with Crippen molar-refractivity contribution in [1.82, 2.24) is 0 Å². The van der Waals surface area contributed by atoms with E-state index in [0.29, 0.717) is 28.9 Å². The number of nitrogens with zero attached hydrogens (tertiary/aromatic N) is 1. The summed E-state index contributed by atoms with van der Waals surface area (Å²) in [7, 11) is 0. The Kier molecular flexibility index (Phi) is 4.20. The second-order valence-corrected chi connectivity index (χ2v) is 5.72. The maximum atomic E-state index is 13.2. The van der Waals surface area contributed by atoms with Gasteiger partial charge in [-0.1, -0.05) is 24.3 Å². The molecule has 124 valence electrons. The lowest BCUT2D eigenvalue weighted by atomic mass is 9.96. The highest BCUT2D eigenvalue weighted by molar-refractivity contribution is 5.74. The van der Waals surface area contributed by atoms with E-state index in [4.69, 9.17) is 15.7 Å². The van der Waals surface area contributed by atoms with E-state index in [0.717, 1.165) is 17.7 Å². The van der Waals surface area contributed by atoms with Crippen LogP contribution in [0.4, 0.5) is 13.2 Å². The van der Waals surface area contributed by atoms with E-state index in [1.54, 1.807) is 24.3 Å². The van der Waals surface area contributed by atoms with E-state index < -0.39 is 11.7 Å². The van der Waals surface area contributed by atoms with Crippen molar-refractivity contribution in [3.05, 3.63) is 53.1 Å². The van der Waals surface area contributed by atoms with E-state index in [1.165, 1.54) is 0 Å². The zero-order chi connectivity index (χ0) is 17.3. The lowest BCUT2D eigenvalue weighted by Crippen LogP contribution is -2.24. The van der Waals surface area contributed by atoms with Crippen LogP contribution in [0.3, 0.4) is 0 Å². The molecule has 1 aliphatic rings. The molecule has 0 aliphatic carbocycles. The van der Waals surface area contributed by atoms with Gasteiger partial charge in [0.2, 0.25) is 0 Å². The molecular weight excluding hydrogens is 317 g/mol. The van der Waals surface area contributed by atoms with Gasteiger partial charge in [0.1, 0.15) is 11.9 Å². The SMILES string of the molecule is N#CCc1ccc(-c2cc(C(F)(F)F)cc3c2OC(CN)C3)cc1. The minimum atomic E-state index is -4.43. The second kappa shape index (κ2) is 6.17. The normalized spacial score (nSPS) is 16.4. The number of ether oxygens (including phenoxy) is 1. The number of nitriles is 1. The molecule has 2 aromatic carbocycles. The van der Waals surface area contributed by atoms with Gasteiger partial charge in [0.25, 0.3) is 0 Å². The maximum Gasteiger partial charge on any atom is 0.416 e. The third-order valence-corrected chi connectivity index (χ3v) is 4.04. The van der Waals surface area contributed by atoms with E-state index in [1.807, 2.05) is 6.07 Å². The van der Waals surface area contributed by atoms with Crippen LogP contribution < -0.4 is 10.5 Å². The molecule has 1 atom stereocenters. The van der Waals surface area contributed by atoms with Crippen molar-refractivity contribution >= 4 is 0 Å². The Bertz CT molecular complexity index is 792. The molecule has 24 heavy (non-hydrogen) atoms. The number of hydrogen-bond acceptors (Lipinski definition) is 3. The Morgan fingerprint density at radius 2 is 1.92 bits per heavy atom. The second-order valence-electron chi connectivity index (χ2n) is 5.72. The average molecular weight is 332 g/mol. The van der Waals surface area contributed by atoms with Crippen LogP contribution in [-0.4, -0.2) is 12.6 Å². The maximum absolute atomic E-state index is 13.2. The molecule has 0 saturated carbocycles. The highest BCUT2D eigenvalue weighted by Gasteiger charge is 2.35. The van der Waals surface area contributed by atoms with Crippen LogP contribution in [0.2, 0.25) is 0 Å². The highest BCUT2D eigenvalue weighted by Crippen LogP contribution is 2.43. The molecule has 3 rings (SSSR count). The number of nitrogens with two attached hydrogens (primary N) is 1. The molecule has 0 spiro atoms. The number of hydrogen-bond donors (Lipinski definition) is 1. The zero-order valence-electron chi connectivity index (χ0n) is 12.7. The minimum absolute atomic E-state index is 0.247. The van der Waals surface area contributed by atoms with Gasteiger partial charge in [-0.15, -0.1) is 0 Å². The number of benzene rings is 2. The summed E-state index contributed by atoms with van der Waals surface area (Å²) in [4.78, 5) is 0. The van der Waals surface area contributed by atoms with Gasteiger partial charge < -0.3 is 10.5 Å². The minimum Gasteiger partial charge on any atom is -0.488 e. The first-order valence-electron chi connectivity index (χ1n) is 7.49. The molecule has 6 heteroatoms. The molecule has 3 nitrogen and oxygen atoms in total. The molecule has 0 bridgehead atoms. The van der Waals surface area contributed by atoms with Gasteiger partial charge in [0.05, 0.1) is 18.1 Å². The molecule has 0 amide bonds. The quantitative estimate of drug-likeness (QED) is 0.932. The summed E-state index contributed by atoms with van der Waals surface area (Å²) >= 11 is 0. The summed E-state index contributed by atoms with van der Waals surface area (Å²) in [6.45, 7) is 0.247. The third kappa shape index (κ3) is 3.08. The largest absolute Gasteiger partial charge is 0.488 e. The summed E-state index contributed by atoms with van der Waals surface area (Å²) in [5.41, 5.74) is 7.26. The summed E-state index contributed by atoms with van der Waals surface area (Å²) in [5, 5.41) is 8.71. The molecule has 0 aromatic heterocycles. The standard InChI is InChI=1S/C18H15F3N2O/c19-18(20,21)14-7-13-8-15(10-23)24-17(13)16(9-14)12-3-1-11(2-4-12)5-6-22/h1-4,7,9,15H,5,8,10,23H2.